The smallest absolute Gasteiger partial charge is 0.0182 e. The largest absolute Gasteiger partial charge is 0.316 e. The Kier molecular flexibility index (Phi) is 5.04. The molecule has 0 bridgehead atoms. The van der Waals surface area contributed by atoms with E-state index in [4.69, 9.17) is 0 Å². The Morgan fingerprint density at radius 2 is 1.20 bits per heavy atom. The molecule has 0 radical (unpaired) electrons. The first kappa shape index (κ1) is 14.8. The van der Waals surface area contributed by atoms with Gasteiger partial charge in [0.15, 0.2) is 0 Å². The van der Waals surface area contributed by atoms with Crippen molar-refractivity contribution < 1.29 is 0 Å². The summed E-state index contributed by atoms with van der Waals surface area (Å²) in [6.07, 6.45) is 19.1. The predicted molar refractivity (Wildman–Crippen MR) is 86.1 cm³/mol. The van der Waals surface area contributed by atoms with Gasteiger partial charge in [-0.3, -0.25) is 0 Å². The quantitative estimate of drug-likeness (QED) is 0.700. The van der Waals surface area contributed by atoms with Gasteiger partial charge in [0, 0.05) is 12.1 Å². The first-order valence-electron chi connectivity index (χ1n) is 9.29. The van der Waals surface area contributed by atoms with E-state index in [0.717, 1.165) is 5.41 Å². The van der Waals surface area contributed by atoms with Crippen molar-refractivity contribution in [2.45, 2.75) is 89.0 Å². The van der Waals surface area contributed by atoms with Gasteiger partial charge in [-0.15, -0.1) is 0 Å². The van der Waals surface area contributed by atoms with Crippen molar-refractivity contribution in [3.8, 4) is 0 Å². The van der Waals surface area contributed by atoms with E-state index in [-0.39, 0.29) is 0 Å². The van der Waals surface area contributed by atoms with Crippen molar-refractivity contribution in [3.63, 3.8) is 0 Å². The molecule has 2 aliphatic carbocycles. The Morgan fingerprint density at radius 1 is 0.550 bits per heavy atom. The lowest BCUT2D eigenvalue weighted by molar-refractivity contribution is 0.216. The van der Waals surface area contributed by atoms with Crippen molar-refractivity contribution in [1.82, 2.24) is 10.6 Å². The molecule has 0 aromatic rings. The monoisotopic (exact) mass is 278 g/mol. The van der Waals surface area contributed by atoms with E-state index in [1.54, 1.807) is 0 Å². The maximum absolute atomic E-state index is 3.67. The van der Waals surface area contributed by atoms with E-state index in [9.17, 15) is 0 Å². The van der Waals surface area contributed by atoms with E-state index in [0.29, 0.717) is 5.54 Å². The fourth-order valence-electron chi connectivity index (χ4n) is 5.05. The van der Waals surface area contributed by atoms with Crippen molar-refractivity contribution >= 4 is 0 Å². The van der Waals surface area contributed by atoms with Crippen LogP contribution >= 0.6 is 0 Å². The molecule has 2 nitrogen and oxygen atoms in total. The molecule has 0 aromatic heterocycles. The van der Waals surface area contributed by atoms with Gasteiger partial charge in [-0.1, -0.05) is 38.5 Å². The molecule has 0 amide bonds. The second-order valence-electron chi connectivity index (χ2n) is 7.86. The van der Waals surface area contributed by atoms with Crippen LogP contribution in [0.4, 0.5) is 0 Å². The van der Waals surface area contributed by atoms with Crippen LogP contribution in [0.15, 0.2) is 0 Å². The summed E-state index contributed by atoms with van der Waals surface area (Å²) in [5, 5.41) is 7.15. The van der Waals surface area contributed by atoms with Gasteiger partial charge >= 0.3 is 0 Å². The van der Waals surface area contributed by atoms with Gasteiger partial charge in [0.2, 0.25) is 0 Å². The summed E-state index contributed by atoms with van der Waals surface area (Å²) in [5.41, 5.74) is 1.39. The molecule has 2 saturated heterocycles. The van der Waals surface area contributed by atoms with Crippen LogP contribution in [-0.4, -0.2) is 25.2 Å². The van der Waals surface area contributed by atoms with Gasteiger partial charge in [-0.25, -0.2) is 0 Å². The standard InChI is InChI=1S/2C9H17N/c1-2-5-9(6-3-1)7-4-8-10-9;1-2-4-9(5-3-1)6-7-10-8-9/h2*10H,1-8H2. The highest BCUT2D eigenvalue weighted by molar-refractivity contribution is 4.94. The summed E-state index contributed by atoms with van der Waals surface area (Å²) in [5.74, 6) is 0. The molecule has 2 N–H and O–H groups in total. The summed E-state index contributed by atoms with van der Waals surface area (Å²) < 4.78 is 0. The molecule has 20 heavy (non-hydrogen) atoms. The molecule has 116 valence electrons. The Labute approximate surface area is 125 Å². The fraction of sp³-hybridized carbons (Fsp3) is 1.00. The van der Waals surface area contributed by atoms with Crippen molar-refractivity contribution in [1.29, 1.82) is 0 Å². The zero-order chi connectivity index (χ0) is 13.7. The molecular weight excluding hydrogens is 244 g/mol. The third-order valence-corrected chi connectivity index (χ3v) is 6.39. The highest BCUT2D eigenvalue weighted by Gasteiger charge is 2.34. The average Bonchev–Trinajstić information content (AvgIpc) is 3.12. The topological polar surface area (TPSA) is 24.1 Å². The normalized spacial score (nSPS) is 31.2. The van der Waals surface area contributed by atoms with E-state index in [1.165, 1.54) is 103 Å². The Balaban J connectivity index is 0.000000121. The Morgan fingerprint density at radius 3 is 1.75 bits per heavy atom. The summed E-state index contributed by atoms with van der Waals surface area (Å²) in [6.45, 7) is 3.87. The lowest BCUT2D eigenvalue weighted by Gasteiger charge is -2.33. The van der Waals surface area contributed by atoms with Crippen molar-refractivity contribution in [2.75, 3.05) is 19.6 Å². The Hall–Kier alpha value is -0.0800. The lowest BCUT2D eigenvalue weighted by atomic mass is 9.74. The van der Waals surface area contributed by atoms with E-state index >= 15 is 0 Å². The molecule has 4 rings (SSSR count). The SMILES string of the molecule is C1CCC2(CC1)CCCN2.C1CCC2(CC1)CCNC2. The number of hydrogen-bond donors (Lipinski definition) is 2. The number of nitrogens with one attached hydrogen (secondary N) is 2. The lowest BCUT2D eigenvalue weighted by Crippen LogP contribution is -2.41. The molecule has 0 atom stereocenters. The molecule has 2 heterocycles. The van der Waals surface area contributed by atoms with Crippen LogP contribution < -0.4 is 10.6 Å². The highest BCUT2D eigenvalue weighted by atomic mass is 15.0. The van der Waals surface area contributed by atoms with Gasteiger partial charge < -0.3 is 10.6 Å². The summed E-state index contributed by atoms with van der Waals surface area (Å²) in [6, 6.07) is 0. The van der Waals surface area contributed by atoms with Crippen LogP contribution in [0.25, 0.3) is 0 Å². The van der Waals surface area contributed by atoms with Crippen LogP contribution in [0.1, 0.15) is 83.5 Å². The Bertz CT molecular complexity index is 242. The second-order valence-corrected chi connectivity index (χ2v) is 7.86. The highest BCUT2D eigenvalue weighted by Crippen LogP contribution is 2.40. The number of rotatable bonds is 0. The first-order chi connectivity index (χ1) is 9.83. The van der Waals surface area contributed by atoms with Gasteiger partial charge in [-0.05, 0) is 63.5 Å². The van der Waals surface area contributed by atoms with Gasteiger partial charge in [0.05, 0.1) is 0 Å². The minimum absolute atomic E-state index is 0.623. The summed E-state index contributed by atoms with van der Waals surface area (Å²) >= 11 is 0. The maximum Gasteiger partial charge on any atom is 0.0182 e. The van der Waals surface area contributed by atoms with Gasteiger partial charge in [0.25, 0.3) is 0 Å². The molecule has 4 aliphatic rings. The minimum atomic E-state index is 0.623. The molecule has 2 heteroatoms. The molecular formula is C18H34N2. The van der Waals surface area contributed by atoms with E-state index in [1.807, 2.05) is 0 Å². The second kappa shape index (κ2) is 6.79. The molecule has 2 saturated carbocycles. The molecule has 0 unspecified atom stereocenters. The van der Waals surface area contributed by atoms with E-state index < -0.39 is 0 Å². The summed E-state index contributed by atoms with van der Waals surface area (Å²) in [7, 11) is 0. The van der Waals surface area contributed by atoms with Gasteiger partial charge in [-0.2, -0.15) is 0 Å². The first-order valence-corrected chi connectivity index (χ1v) is 9.29. The fourth-order valence-corrected chi connectivity index (χ4v) is 5.05. The maximum atomic E-state index is 3.67. The zero-order valence-electron chi connectivity index (χ0n) is 13.3. The third kappa shape index (κ3) is 3.57. The average molecular weight is 278 g/mol. The predicted octanol–water partition coefficient (Wildman–Crippen LogP) is 4.00. The molecule has 4 fully saturated rings. The zero-order valence-corrected chi connectivity index (χ0v) is 13.3. The number of hydrogen-bond acceptors (Lipinski definition) is 2. The van der Waals surface area contributed by atoms with Crippen molar-refractivity contribution in [2.24, 2.45) is 5.41 Å². The van der Waals surface area contributed by atoms with Gasteiger partial charge in [0.1, 0.15) is 0 Å². The molecule has 0 aromatic carbocycles. The van der Waals surface area contributed by atoms with Crippen LogP contribution in [0.2, 0.25) is 0 Å². The van der Waals surface area contributed by atoms with Crippen molar-refractivity contribution in [3.05, 3.63) is 0 Å². The van der Waals surface area contributed by atoms with E-state index in [2.05, 4.69) is 10.6 Å². The minimum Gasteiger partial charge on any atom is -0.316 e. The van der Waals surface area contributed by atoms with Crippen LogP contribution in [0.5, 0.6) is 0 Å². The van der Waals surface area contributed by atoms with Crippen LogP contribution in [-0.2, 0) is 0 Å². The van der Waals surface area contributed by atoms with Crippen LogP contribution in [0, 0.1) is 5.41 Å². The third-order valence-electron chi connectivity index (χ3n) is 6.39. The van der Waals surface area contributed by atoms with Crippen LogP contribution in [0.3, 0.4) is 0 Å². The molecule has 2 spiro atoms. The molecule has 2 aliphatic heterocycles. The summed E-state index contributed by atoms with van der Waals surface area (Å²) in [4.78, 5) is 0.